The Balaban J connectivity index is 2.04. The molecule has 110 valence electrons. The predicted molar refractivity (Wildman–Crippen MR) is 82.6 cm³/mol. The number of benzene rings is 2. The third kappa shape index (κ3) is 2.76. The van der Waals surface area contributed by atoms with Crippen LogP contribution in [-0.4, -0.2) is 13.7 Å². The van der Waals surface area contributed by atoms with Crippen LogP contribution in [0.1, 0.15) is 29.2 Å². The van der Waals surface area contributed by atoms with Gasteiger partial charge in [0.05, 0.1) is 12.6 Å². The number of fused-ring (bicyclic) bond motifs is 1. The van der Waals surface area contributed by atoms with E-state index >= 15 is 0 Å². The molecule has 1 atom stereocenters. The largest absolute Gasteiger partial charge is 0.493 e. The van der Waals surface area contributed by atoms with Gasteiger partial charge in [0.1, 0.15) is 11.6 Å². The quantitative estimate of drug-likeness (QED) is 0.921. The summed E-state index contributed by atoms with van der Waals surface area (Å²) in [5.74, 6) is 0.635. The van der Waals surface area contributed by atoms with E-state index in [1.165, 1.54) is 11.6 Å². The molecule has 0 bridgehead atoms. The van der Waals surface area contributed by atoms with Gasteiger partial charge in [0, 0.05) is 10.6 Å². The molecule has 0 aromatic heterocycles. The van der Waals surface area contributed by atoms with Crippen LogP contribution in [0, 0.1) is 5.82 Å². The van der Waals surface area contributed by atoms with Crippen molar-refractivity contribution in [3.8, 4) is 5.75 Å². The molecule has 0 saturated carbocycles. The molecule has 1 heterocycles. The summed E-state index contributed by atoms with van der Waals surface area (Å²) in [5, 5.41) is 3.59. The molecule has 1 N–H and O–H groups in total. The highest BCUT2D eigenvalue weighted by Crippen LogP contribution is 2.33. The maximum Gasteiger partial charge on any atom is 0.129 e. The van der Waals surface area contributed by atoms with E-state index < -0.39 is 0 Å². The van der Waals surface area contributed by atoms with Crippen molar-refractivity contribution in [3.63, 3.8) is 0 Å². The number of nitrogens with one attached hydrogen (secondary N) is 1. The Kier molecular flexibility index (Phi) is 4.13. The molecule has 2 aromatic carbocycles. The molecular weight excluding hydrogens is 289 g/mol. The van der Waals surface area contributed by atoms with E-state index in [1.54, 1.807) is 12.1 Å². The Bertz CT molecular complexity index is 639. The van der Waals surface area contributed by atoms with Crippen molar-refractivity contribution in [2.24, 2.45) is 0 Å². The van der Waals surface area contributed by atoms with Gasteiger partial charge in [-0.1, -0.05) is 29.8 Å². The Morgan fingerprint density at radius 2 is 2.14 bits per heavy atom. The van der Waals surface area contributed by atoms with Gasteiger partial charge in [0.25, 0.3) is 0 Å². The lowest BCUT2D eigenvalue weighted by molar-refractivity contribution is 0.288. The molecule has 1 aliphatic heterocycles. The van der Waals surface area contributed by atoms with Gasteiger partial charge < -0.3 is 10.1 Å². The number of halogens is 2. The molecule has 1 unspecified atom stereocenters. The minimum Gasteiger partial charge on any atom is -0.493 e. The van der Waals surface area contributed by atoms with Crippen LogP contribution in [0.25, 0.3) is 0 Å². The second-order valence-electron chi connectivity index (χ2n) is 5.18. The van der Waals surface area contributed by atoms with Crippen LogP contribution in [0.2, 0.25) is 5.02 Å². The standard InChI is InChI=1S/C17H17ClFNO/c1-20-17(16-13(18)5-2-6-14(16)19)12-7-8-15-11(10-12)4-3-9-21-15/h2,5-8,10,17,20H,3-4,9H2,1H3. The molecule has 3 rings (SSSR count). The Labute approximate surface area is 128 Å². The molecular formula is C17H17ClFNO. The fourth-order valence-corrected chi connectivity index (χ4v) is 3.10. The van der Waals surface area contributed by atoms with Gasteiger partial charge in [-0.3, -0.25) is 0 Å². The average molecular weight is 306 g/mol. The maximum absolute atomic E-state index is 14.2. The fourth-order valence-electron chi connectivity index (χ4n) is 2.82. The molecule has 1 aliphatic rings. The molecule has 0 aliphatic carbocycles. The molecule has 0 spiro atoms. The number of ether oxygens (including phenoxy) is 1. The second-order valence-corrected chi connectivity index (χ2v) is 5.58. The SMILES string of the molecule is CNC(c1ccc2c(c1)CCCO2)c1c(F)cccc1Cl. The van der Waals surface area contributed by atoms with Gasteiger partial charge in [0.15, 0.2) is 0 Å². The van der Waals surface area contributed by atoms with Crippen LogP contribution in [0.4, 0.5) is 4.39 Å². The first-order chi connectivity index (χ1) is 10.2. The summed E-state index contributed by atoms with van der Waals surface area (Å²) in [5.41, 5.74) is 2.65. The molecule has 4 heteroatoms. The van der Waals surface area contributed by atoms with Gasteiger partial charge in [-0.15, -0.1) is 0 Å². The van der Waals surface area contributed by atoms with Gasteiger partial charge in [-0.25, -0.2) is 4.39 Å². The number of hydrogen-bond donors (Lipinski definition) is 1. The van der Waals surface area contributed by atoms with E-state index in [2.05, 4.69) is 11.4 Å². The molecule has 21 heavy (non-hydrogen) atoms. The lowest BCUT2D eigenvalue weighted by atomic mass is 9.94. The highest BCUT2D eigenvalue weighted by Gasteiger charge is 2.21. The summed E-state index contributed by atoms with van der Waals surface area (Å²) in [6.45, 7) is 0.765. The fraction of sp³-hybridized carbons (Fsp3) is 0.294. The maximum atomic E-state index is 14.2. The van der Waals surface area contributed by atoms with Crippen molar-refractivity contribution >= 4 is 11.6 Å². The van der Waals surface area contributed by atoms with Crippen LogP contribution in [0.15, 0.2) is 36.4 Å². The van der Waals surface area contributed by atoms with E-state index in [0.717, 1.165) is 30.8 Å². The van der Waals surface area contributed by atoms with E-state index in [0.29, 0.717) is 10.6 Å². The minimum absolute atomic E-state index is 0.272. The van der Waals surface area contributed by atoms with Crippen molar-refractivity contribution in [2.45, 2.75) is 18.9 Å². The monoisotopic (exact) mass is 305 g/mol. The molecule has 2 nitrogen and oxygen atoms in total. The zero-order chi connectivity index (χ0) is 14.8. The van der Waals surface area contributed by atoms with E-state index in [-0.39, 0.29) is 11.9 Å². The summed E-state index contributed by atoms with van der Waals surface area (Å²) in [7, 11) is 1.81. The first-order valence-corrected chi connectivity index (χ1v) is 7.45. The molecule has 0 amide bonds. The topological polar surface area (TPSA) is 21.3 Å². The lowest BCUT2D eigenvalue weighted by Gasteiger charge is -2.23. The summed E-state index contributed by atoms with van der Waals surface area (Å²) in [6, 6.07) is 10.5. The van der Waals surface area contributed by atoms with E-state index in [4.69, 9.17) is 16.3 Å². The summed E-state index contributed by atoms with van der Waals surface area (Å²) in [6.07, 6.45) is 2.01. The Morgan fingerprint density at radius 3 is 2.90 bits per heavy atom. The zero-order valence-electron chi connectivity index (χ0n) is 11.8. The first-order valence-electron chi connectivity index (χ1n) is 7.07. The highest BCUT2D eigenvalue weighted by molar-refractivity contribution is 6.31. The predicted octanol–water partition coefficient (Wildman–Crippen LogP) is 4.11. The number of aryl methyl sites for hydroxylation is 1. The number of hydrogen-bond acceptors (Lipinski definition) is 2. The third-order valence-electron chi connectivity index (χ3n) is 3.84. The molecule has 0 radical (unpaired) electrons. The first kappa shape index (κ1) is 14.4. The third-order valence-corrected chi connectivity index (χ3v) is 4.17. The van der Waals surface area contributed by atoms with Gasteiger partial charge in [-0.05, 0) is 49.2 Å². The van der Waals surface area contributed by atoms with Crippen LogP contribution in [-0.2, 0) is 6.42 Å². The Morgan fingerprint density at radius 1 is 1.29 bits per heavy atom. The van der Waals surface area contributed by atoms with Crippen molar-refractivity contribution < 1.29 is 9.13 Å². The zero-order valence-corrected chi connectivity index (χ0v) is 12.6. The Hall–Kier alpha value is -1.58. The smallest absolute Gasteiger partial charge is 0.129 e. The van der Waals surface area contributed by atoms with Crippen molar-refractivity contribution in [1.29, 1.82) is 0 Å². The second kappa shape index (κ2) is 6.04. The van der Waals surface area contributed by atoms with Gasteiger partial charge >= 0.3 is 0 Å². The van der Waals surface area contributed by atoms with E-state index in [1.807, 2.05) is 19.2 Å². The molecule has 0 fully saturated rings. The minimum atomic E-state index is -0.296. The van der Waals surface area contributed by atoms with Gasteiger partial charge in [-0.2, -0.15) is 0 Å². The van der Waals surface area contributed by atoms with Crippen molar-refractivity contribution in [3.05, 3.63) is 63.9 Å². The summed E-state index contributed by atoms with van der Waals surface area (Å²) in [4.78, 5) is 0. The van der Waals surface area contributed by atoms with Gasteiger partial charge in [0.2, 0.25) is 0 Å². The summed E-state index contributed by atoms with van der Waals surface area (Å²) >= 11 is 6.19. The van der Waals surface area contributed by atoms with Crippen molar-refractivity contribution in [1.82, 2.24) is 5.32 Å². The normalized spacial score (nSPS) is 15.2. The number of rotatable bonds is 3. The molecule has 0 saturated heterocycles. The van der Waals surface area contributed by atoms with Crippen molar-refractivity contribution in [2.75, 3.05) is 13.7 Å². The van der Waals surface area contributed by atoms with Crippen LogP contribution in [0.3, 0.4) is 0 Å². The van der Waals surface area contributed by atoms with Crippen LogP contribution in [0.5, 0.6) is 5.75 Å². The van der Waals surface area contributed by atoms with Crippen LogP contribution >= 0.6 is 11.6 Å². The average Bonchev–Trinajstić information content (AvgIpc) is 2.50. The summed E-state index contributed by atoms with van der Waals surface area (Å²) < 4.78 is 19.8. The van der Waals surface area contributed by atoms with E-state index in [9.17, 15) is 4.39 Å². The molecule has 2 aromatic rings. The van der Waals surface area contributed by atoms with Crippen LogP contribution < -0.4 is 10.1 Å². The lowest BCUT2D eigenvalue weighted by Crippen LogP contribution is -2.20. The highest BCUT2D eigenvalue weighted by atomic mass is 35.5.